The van der Waals surface area contributed by atoms with Crippen LogP contribution in [0.3, 0.4) is 0 Å². The minimum Gasteiger partial charge on any atom is -0.399 e. The molecule has 0 aliphatic heterocycles. The lowest BCUT2D eigenvalue weighted by atomic mass is 10.1. The Labute approximate surface area is 125 Å². The van der Waals surface area contributed by atoms with E-state index in [1.165, 1.54) is 4.90 Å². The molecular formula is C15H24N4O2. The summed E-state index contributed by atoms with van der Waals surface area (Å²) in [5.74, 6) is -0.211. The monoisotopic (exact) mass is 292 g/mol. The third kappa shape index (κ3) is 4.37. The maximum absolute atomic E-state index is 12.0. The standard InChI is InChI=1S/C15H24N4O2/c1-5-8-19(10-14(20)18(3)4)13-9-11(16)6-7-12(13)15(21)17-2/h6-7,9H,5,8,10,16H2,1-4H3,(H,17,21). The Balaban J connectivity index is 3.19. The van der Waals surface area contributed by atoms with Crippen LogP contribution in [0, 0.1) is 0 Å². The summed E-state index contributed by atoms with van der Waals surface area (Å²) in [5, 5.41) is 2.61. The molecule has 0 radical (unpaired) electrons. The first-order valence-corrected chi connectivity index (χ1v) is 6.97. The number of amides is 2. The number of benzene rings is 1. The molecule has 0 aliphatic carbocycles. The number of carbonyl (C=O) groups excluding carboxylic acids is 2. The van der Waals surface area contributed by atoms with Gasteiger partial charge in [0.05, 0.1) is 17.8 Å². The van der Waals surface area contributed by atoms with Crippen molar-refractivity contribution in [3.8, 4) is 0 Å². The van der Waals surface area contributed by atoms with Crippen molar-refractivity contribution in [2.24, 2.45) is 0 Å². The van der Waals surface area contributed by atoms with Gasteiger partial charge < -0.3 is 20.9 Å². The highest BCUT2D eigenvalue weighted by Gasteiger charge is 2.19. The summed E-state index contributed by atoms with van der Waals surface area (Å²) < 4.78 is 0. The van der Waals surface area contributed by atoms with E-state index in [1.54, 1.807) is 39.3 Å². The summed E-state index contributed by atoms with van der Waals surface area (Å²) in [6.07, 6.45) is 0.864. The summed E-state index contributed by atoms with van der Waals surface area (Å²) in [6.45, 7) is 2.92. The number of carbonyl (C=O) groups is 2. The molecule has 0 unspecified atom stereocenters. The van der Waals surface area contributed by atoms with Gasteiger partial charge in [0.25, 0.3) is 5.91 Å². The first kappa shape index (κ1) is 16.8. The molecule has 0 aromatic heterocycles. The summed E-state index contributed by atoms with van der Waals surface area (Å²) in [7, 11) is 5.01. The fourth-order valence-corrected chi connectivity index (χ4v) is 2.00. The molecule has 1 aromatic carbocycles. The Kier molecular flexibility index (Phi) is 6.02. The maximum atomic E-state index is 12.0. The molecule has 3 N–H and O–H groups in total. The van der Waals surface area contributed by atoms with Crippen molar-refractivity contribution in [2.75, 3.05) is 44.9 Å². The quantitative estimate of drug-likeness (QED) is 0.765. The molecule has 0 bridgehead atoms. The van der Waals surface area contributed by atoms with Gasteiger partial charge in [-0.25, -0.2) is 0 Å². The minimum absolute atomic E-state index is 0.0197. The fraction of sp³-hybridized carbons (Fsp3) is 0.467. The topological polar surface area (TPSA) is 78.7 Å². The van der Waals surface area contributed by atoms with Gasteiger partial charge in [0.2, 0.25) is 5.91 Å². The zero-order valence-corrected chi connectivity index (χ0v) is 13.1. The van der Waals surface area contributed by atoms with Gasteiger partial charge in [-0.3, -0.25) is 9.59 Å². The Morgan fingerprint density at radius 2 is 1.95 bits per heavy atom. The molecule has 6 nitrogen and oxygen atoms in total. The fourth-order valence-electron chi connectivity index (χ4n) is 2.00. The van der Waals surface area contributed by atoms with Crippen LogP contribution < -0.4 is 16.0 Å². The van der Waals surface area contributed by atoms with Crippen LogP contribution in [-0.2, 0) is 4.79 Å². The second-order valence-corrected chi connectivity index (χ2v) is 5.07. The number of likely N-dealkylation sites (N-methyl/N-ethyl adjacent to an activating group) is 1. The molecule has 0 saturated carbocycles. The van der Waals surface area contributed by atoms with Crippen molar-refractivity contribution >= 4 is 23.2 Å². The first-order chi connectivity index (χ1) is 9.90. The number of nitrogens with zero attached hydrogens (tertiary/aromatic N) is 2. The van der Waals surface area contributed by atoms with E-state index in [9.17, 15) is 9.59 Å². The number of nitrogens with one attached hydrogen (secondary N) is 1. The molecule has 1 rings (SSSR count). The number of hydrogen-bond donors (Lipinski definition) is 2. The smallest absolute Gasteiger partial charge is 0.253 e. The minimum atomic E-state index is -0.191. The van der Waals surface area contributed by atoms with E-state index in [-0.39, 0.29) is 18.4 Å². The maximum Gasteiger partial charge on any atom is 0.253 e. The predicted molar refractivity (Wildman–Crippen MR) is 85.4 cm³/mol. The van der Waals surface area contributed by atoms with Crippen molar-refractivity contribution in [1.29, 1.82) is 0 Å². The number of hydrogen-bond acceptors (Lipinski definition) is 4. The van der Waals surface area contributed by atoms with Crippen LogP contribution in [0.2, 0.25) is 0 Å². The Hall–Kier alpha value is -2.24. The van der Waals surface area contributed by atoms with E-state index in [0.717, 1.165) is 6.42 Å². The van der Waals surface area contributed by atoms with Gasteiger partial charge in [-0.1, -0.05) is 6.92 Å². The molecule has 0 heterocycles. The van der Waals surface area contributed by atoms with Crippen LogP contribution in [0.5, 0.6) is 0 Å². The largest absolute Gasteiger partial charge is 0.399 e. The summed E-state index contributed by atoms with van der Waals surface area (Å²) in [5.41, 5.74) is 7.61. The summed E-state index contributed by atoms with van der Waals surface area (Å²) >= 11 is 0. The average Bonchev–Trinajstić information content (AvgIpc) is 2.45. The molecule has 116 valence electrons. The normalized spacial score (nSPS) is 10.1. The lowest BCUT2D eigenvalue weighted by Crippen LogP contribution is -2.38. The van der Waals surface area contributed by atoms with Gasteiger partial charge in [-0.2, -0.15) is 0 Å². The second-order valence-electron chi connectivity index (χ2n) is 5.07. The van der Waals surface area contributed by atoms with E-state index in [4.69, 9.17) is 5.73 Å². The third-order valence-electron chi connectivity index (χ3n) is 3.15. The van der Waals surface area contributed by atoms with E-state index in [2.05, 4.69) is 5.32 Å². The van der Waals surface area contributed by atoms with Crippen molar-refractivity contribution in [2.45, 2.75) is 13.3 Å². The summed E-state index contributed by atoms with van der Waals surface area (Å²) in [6, 6.07) is 5.11. The molecule has 0 fully saturated rings. The van der Waals surface area contributed by atoms with Crippen molar-refractivity contribution < 1.29 is 9.59 Å². The number of nitrogen functional groups attached to an aromatic ring is 1. The first-order valence-electron chi connectivity index (χ1n) is 6.97. The average molecular weight is 292 g/mol. The van der Waals surface area contributed by atoms with E-state index >= 15 is 0 Å². The summed E-state index contributed by atoms with van der Waals surface area (Å²) in [4.78, 5) is 27.4. The van der Waals surface area contributed by atoms with Crippen LogP contribution in [-0.4, -0.2) is 50.9 Å². The van der Waals surface area contributed by atoms with Crippen LogP contribution in [0.25, 0.3) is 0 Å². The molecular weight excluding hydrogens is 268 g/mol. The lowest BCUT2D eigenvalue weighted by Gasteiger charge is -2.27. The lowest BCUT2D eigenvalue weighted by molar-refractivity contribution is -0.127. The molecule has 0 spiro atoms. The number of anilines is 2. The predicted octanol–water partition coefficient (Wildman–Crippen LogP) is 0.933. The Morgan fingerprint density at radius 1 is 1.29 bits per heavy atom. The number of nitrogens with two attached hydrogens (primary N) is 1. The zero-order chi connectivity index (χ0) is 16.0. The van der Waals surface area contributed by atoms with E-state index < -0.39 is 0 Å². The molecule has 0 atom stereocenters. The van der Waals surface area contributed by atoms with Gasteiger partial charge in [-0.05, 0) is 24.6 Å². The van der Waals surface area contributed by atoms with Gasteiger partial charge in [0.15, 0.2) is 0 Å². The molecule has 0 aliphatic rings. The highest BCUT2D eigenvalue weighted by atomic mass is 16.2. The van der Waals surface area contributed by atoms with Gasteiger partial charge in [0, 0.05) is 33.4 Å². The molecule has 21 heavy (non-hydrogen) atoms. The van der Waals surface area contributed by atoms with Crippen LogP contribution in [0.4, 0.5) is 11.4 Å². The second kappa shape index (κ2) is 7.52. The van der Waals surface area contributed by atoms with Crippen molar-refractivity contribution in [3.63, 3.8) is 0 Å². The van der Waals surface area contributed by atoms with Crippen LogP contribution in [0.15, 0.2) is 18.2 Å². The van der Waals surface area contributed by atoms with E-state index in [0.29, 0.717) is 23.5 Å². The molecule has 0 saturated heterocycles. The van der Waals surface area contributed by atoms with Gasteiger partial charge in [0.1, 0.15) is 0 Å². The third-order valence-corrected chi connectivity index (χ3v) is 3.15. The highest BCUT2D eigenvalue weighted by Crippen LogP contribution is 2.24. The Morgan fingerprint density at radius 3 is 2.48 bits per heavy atom. The Bertz CT molecular complexity index is 514. The van der Waals surface area contributed by atoms with Gasteiger partial charge >= 0.3 is 0 Å². The zero-order valence-electron chi connectivity index (χ0n) is 13.1. The molecule has 6 heteroatoms. The van der Waals surface area contributed by atoms with Crippen LogP contribution >= 0.6 is 0 Å². The van der Waals surface area contributed by atoms with Crippen LogP contribution in [0.1, 0.15) is 23.7 Å². The van der Waals surface area contributed by atoms with Gasteiger partial charge in [-0.15, -0.1) is 0 Å². The molecule has 1 aromatic rings. The molecule has 2 amide bonds. The highest BCUT2D eigenvalue weighted by molar-refractivity contribution is 6.00. The van der Waals surface area contributed by atoms with Crippen molar-refractivity contribution in [3.05, 3.63) is 23.8 Å². The number of rotatable bonds is 6. The van der Waals surface area contributed by atoms with Crippen molar-refractivity contribution in [1.82, 2.24) is 10.2 Å². The SMILES string of the molecule is CCCN(CC(=O)N(C)C)c1cc(N)ccc1C(=O)NC. The van der Waals surface area contributed by atoms with E-state index in [1.807, 2.05) is 11.8 Å².